The van der Waals surface area contributed by atoms with Crippen LogP contribution in [0.1, 0.15) is 349 Å². The van der Waals surface area contributed by atoms with Crippen molar-refractivity contribution in [3.05, 3.63) is 48.6 Å². The molecule has 3 N–H and O–H groups in total. The molecule has 0 aromatic carbocycles. The second kappa shape index (κ2) is 68.5. The van der Waals surface area contributed by atoms with Crippen LogP contribution in [0.2, 0.25) is 0 Å². The largest absolute Gasteiger partial charge is 0.472 e. The number of unbranched alkanes of at least 4 members (excludes halogenated alkanes) is 38. The lowest BCUT2D eigenvalue weighted by Gasteiger charge is -2.21. The van der Waals surface area contributed by atoms with Gasteiger partial charge in [-0.25, -0.2) is 9.13 Å². The maximum absolute atomic E-state index is 13.1. The van der Waals surface area contributed by atoms with Crippen molar-refractivity contribution in [2.24, 2.45) is 0 Å². The van der Waals surface area contributed by atoms with E-state index in [2.05, 4.69) is 76.3 Å². The molecule has 550 valence electrons. The highest BCUT2D eigenvalue weighted by Crippen LogP contribution is 2.45. The standard InChI is InChI=1S/C75H138O17P2/c1-5-9-13-17-21-25-29-33-34-38-40-44-48-52-56-60-73(78)86-66-71(92-75(80)62-58-54-50-46-42-37-32-28-24-20-16-12-8-4)68-90-94(83,84)88-64-69(76)63-87-93(81,82)89-67-70(91-74(79)61-57-53-49-45-41-36-31-27-23-19-15-11-7-3)65-85-72(77)59-55-51-47-43-39-35-30-26-22-18-14-10-6-2/h14,16,18,20,26,28,30,32,69-71,76H,5-13,15,17,19,21-25,27,29,31,33-68H2,1-4H3,(H,81,82)(H,83,84)/b18-14-,20-16-,30-26-,32-28-. The third-order valence-corrected chi connectivity index (χ3v) is 18.2. The smallest absolute Gasteiger partial charge is 0.462 e. The second-order valence-electron chi connectivity index (χ2n) is 25.6. The first-order chi connectivity index (χ1) is 45.7. The van der Waals surface area contributed by atoms with Gasteiger partial charge in [-0.05, 0) is 77.0 Å². The van der Waals surface area contributed by atoms with Gasteiger partial charge in [-0.15, -0.1) is 0 Å². The van der Waals surface area contributed by atoms with Crippen molar-refractivity contribution in [3.63, 3.8) is 0 Å². The van der Waals surface area contributed by atoms with Crippen molar-refractivity contribution < 1.29 is 80.2 Å². The molecule has 0 bridgehead atoms. The Morgan fingerprint density at radius 2 is 0.543 bits per heavy atom. The van der Waals surface area contributed by atoms with Crippen molar-refractivity contribution >= 4 is 39.5 Å². The zero-order chi connectivity index (χ0) is 69.0. The summed E-state index contributed by atoms with van der Waals surface area (Å²) < 4.78 is 68.4. The number of rotatable bonds is 72. The number of phosphoric ester groups is 2. The number of hydrogen-bond acceptors (Lipinski definition) is 15. The molecule has 0 saturated carbocycles. The number of allylic oxidation sites excluding steroid dienone is 8. The first-order valence-electron chi connectivity index (χ1n) is 37.9. The molecular weight excluding hydrogens is 1230 g/mol. The topological polar surface area (TPSA) is 237 Å². The summed E-state index contributed by atoms with van der Waals surface area (Å²) in [5, 5.41) is 10.6. The fourth-order valence-electron chi connectivity index (χ4n) is 10.5. The lowest BCUT2D eigenvalue weighted by molar-refractivity contribution is -0.161. The van der Waals surface area contributed by atoms with Gasteiger partial charge in [0, 0.05) is 25.7 Å². The predicted molar refractivity (Wildman–Crippen MR) is 381 cm³/mol. The number of carbonyl (C=O) groups excluding carboxylic acids is 4. The quantitative estimate of drug-likeness (QED) is 0.0169. The Balaban J connectivity index is 5.30. The van der Waals surface area contributed by atoms with Crippen LogP contribution in [0.3, 0.4) is 0 Å². The van der Waals surface area contributed by atoms with Crippen molar-refractivity contribution in [3.8, 4) is 0 Å². The minimum Gasteiger partial charge on any atom is -0.462 e. The van der Waals surface area contributed by atoms with Gasteiger partial charge in [-0.1, -0.05) is 295 Å². The SMILES string of the molecule is CCC/C=C\C/C=C\CCCCCCCC(=O)OCC(COP(=O)(O)OCC(O)COP(=O)(O)OCC(COC(=O)CCCCCCCCCCCCCCCCC)OC(=O)CCCCCCC/C=C\C/C=C\CCC)OC(=O)CCCCCCCCCCCCCCC. The molecule has 0 aliphatic rings. The summed E-state index contributed by atoms with van der Waals surface area (Å²) in [6.45, 7) is 4.77. The van der Waals surface area contributed by atoms with Crippen molar-refractivity contribution in [1.29, 1.82) is 0 Å². The van der Waals surface area contributed by atoms with Crippen LogP contribution in [0.25, 0.3) is 0 Å². The lowest BCUT2D eigenvalue weighted by atomic mass is 10.0. The number of phosphoric acid groups is 2. The van der Waals surface area contributed by atoms with Gasteiger partial charge >= 0.3 is 39.5 Å². The zero-order valence-corrected chi connectivity index (χ0v) is 61.7. The van der Waals surface area contributed by atoms with Gasteiger partial charge in [0.1, 0.15) is 19.3 Å². The van der Waals surface area contributed by atoms with Gasteiger partial charge in [0.05, 0.1) is 26.4 Å². The molecule has 19 heteroatoms. The molecule has 5 unspecified atom stereocenters. The Kier molecular flexibility index (Phi) is 66.4. The number of carbonyl (C=O) groups is 4. The van der Waals surface area contributed by atoms with E-state index in [1.807, 2.05) is 0 Å². The van der Waals surface area contributed by atoms with E-state index in [9.17, 15) is 43.2 Å². The number of aliphatic hydroxyl groups is 1. The van der Waals surface area contributed by atoms with Crippen LogP contribution in [0.15, 0.2) is 48.6 Å². The zero-order valence-electron chi connectivity index (χ0n) is 59.9. The molecular formula is C75H138O17P2. The fraction of sp³-hybridized carbons (Fsp3) is 0.840. The molecule has 0 radical (unpaired) electrons. The summed E-state index contributed by atoms with van der Waals surface area (Å²) in [6, 6.07) is 0. The van der Waals surface area contributed by atoms with Crippen LogP contribution in [0.4, 0.5) is 0 Å². The van der Waals surface area contributed by atoms with Crippen LogP contribution < -0.4 is 0 Å². The lowest BCUT2D eigenvalue weighted by Crippen LogP contribution is -2.30. The predicted octanol–water partition coefficient (Wildman–Crippen LogP) is 21.3. The summed E-state index contributed by atoms with van der Waals surface area (Å²) in [5.74, 6) is -2.17. The van der Waals surface area contributed by atoms with Crippen molar-refractivity contribution in [1.82, 2.24) is 0 Å². The number of esters is 4. The van der Waals surface area contributed by atoms with Crippen LogP contribution in [0, 0.1) is 0 Å². The summed E-state index contributed by atoms with van der Waals surface area (Å²) in [7, 11) is -9.93. The van der Waals surface area contributed by atoms with Crippen molar-refractivity contribution in [2.45, 2.75) is 367 Å². The molecule has 5 atom stereocenters. The monoisotopic (exact) mass is 1370 g/mol. The molecule has 94 heavy (non-hydrogen) atoms. The normalized spacial score (nSPS) is 14.2. The van der Waals surface area contributed by atoms with Gasteiger partial charge < -0.3 is 33.8 Å². The number of ether oxygens (including phenoxy) is 4. The van der Waals surface area contributed by atoms with Crippen LogP contribution in [-0.2, 0) is 65.4 Å². The Morgan fingerprint density at radius 1 is 0.298 bits per heavy atom. The molecule has 0 spiro atoms. The molecule has 0 aromatic heterocycles. The van der Waals surface area contributed by atoms with Crippen LogP contribution >= 0.6 is 15.6 Å². The maximum Gasteiger partial charge on any atom is 0.472 e. The summed E-state index contributed by atoms with van der Waals surface area (Å²) in [6.07, 6.45) is 63.9. The van der Waals surface area contributed by atoms with Crippen molar-refractivity contribution in [2.75, 3.05) is 39.6 Å². The highest BCUT2D eigenvalue weighted by atomic mass is 31.2. The molecule has 0 aliphatic heterocycles. The van der Waals surface area contributed by atoms with Gasteiger partial charge in [-0.3, -0.25) is 37.3 Å². The Labute approximate surface area is 572 Å². The summed E-state index contributed by atoms with van der Waals surface area (Å²) in [5.41, 5.74) is 0. The first-order valence-corrected chi connectivity index (χ1v) is 40.9. The Bertz CT molecular complexity index is 1980. The highest BCUT2D eigenvalue weighted by Gasteiger charge is 2.30. The van der Waals surface area contributed by atoms with E-state index in [0.717, 1.165) is 148 Å². The van der Waals surface area contributed by atoms with E-state index in [4.69, 9.17) is 37.0 Å². The van der Waals surface area contributed by atoms with E-state index in [0.29, 0.717) is 25.7 Å². The fourth-order valence-corrected chi connectivity index (χ4v) is 12.1. The summed E-state index contributed by atoms with van der Waals surface area (Å²) >= 11 is 0. The van der Waals surface area contributed by atoms with Gasteiger partial charge in [0.25, 0.3) is 0 Å². The highest BCUT2D eigenvalue weighted by molar-refractivity contribution is 7.47. The first kappa shape index (κ1) is 91.0. The maximum atomic E-state index is 13.1. The van der Waals surface area contributed by atoms with E-state index >= 15 is 0 Å². The minimum atomic E-state index is -4.97. The average molecular weight is 1370 g/mol. The van der Waals surface area contributed by atoms with E-state index < -0.39 is 97.5 Å². The average Bonchev–Trinajstić information content (AvgIpc) is 2.45. The Morgan fingerprint density at radius 3 is 0.830 bits per heavy atom. The van der Waals surface area contributed by atoms with Gasteiger partial charge in [0.2, 0.25) is 0 Å². The molecule has 0 rings (SSSR count). The summed E-state index contributed by atoms with van der Waals surface area (Å²) in [4.78, 5) is 72.7. The molecule has 17 nitrogen and oxygen atoms in total. The molecule has 0 fully saturated rings. The van der Waals surface area contributed by atoms with E-state index in [-0.39, 0.29) is 25.7 Å². The Hall–Kier alpha value is -2.98. The number of aliphatic hydroxyl groups excluding tert-OH is 1. The van der Waals surface area contributed by atoms with Crippen LogP contribution in [-0.4, -0.2) is 96.7 Å². The van der Waals surface area contributed by atoms with Crippen LogP contribution in [0.5, 0.6) is 0 Å². The molecule has 0 saturated heterocycles. The molecule has 0 aliphatic carbocycles. The van der Waals surface area contributed by atoms with E-state index in [1.165, 1.54) is 122 Å². The molecule has 0 heterocycles. The molecule has 0 aromatic rings. The third kappa shape index (κ3) is 67.6. The van der Waals surface area contributed by atoms with E-state index in [1.54, 1.807) is 0 Å². The minimum absolute atomic E-state index is 0.0847. The third-order valence-electron chi connectivity index (χ3n) is 16.3. The van der Waals surface area contributed by atoms with Gasteiger partial charge in [-0.2, -0.15) is 0 Å². The number of hydrogen-bond donors (Lipinski definition) is 3. The van der Waals surface area contributed by atoms with Gasteiger partial charge in [0.15, 0.2) is 12.2 Å². The second-order valence-corrected chi connectivity index (χ2v) is 28.5. The molecule has 0 amide bonds.